The average molecular weight is 309 g/mol. The summed E-state index contributed by atoms with van der Waals surface area (Å²) in [5.41, 5.74) is 2.95. The predicted octanol–water partition coefficient (Wildman–Crippen LogP) is 2.96. The summed E-state index contributed by atoms with van der Waals surface area (Å²) in [5.74, 6) is 0.160. The molecule has 1 aliphatic rings. The van der Waals surface area contributed by atoms with Crippen LogP contribution in [0.4, 0.5) is 0 Å². The number of nitrogens with one attached hydrogen (secondary N) is 1. The fraction of sp³-hybridized carbons (Fsp3) is 0.421. The first-order chi connectivity index (χ1) is 11.2. The van der Waals surface area contributed by atoms with E-state index in [1.165, 1.54) is 11.1 Å². The number of benzene rings is 1. The molecule has 1 amide bonds. The van der Waals surface area contributed by atoms with Crippen molar-refractivity contribution in [1.82, 2.24) is 15.3 Å². The van der Waals surface area contributed by atoms with Crippen LogP contribution >= 0.6 is 0 Å². The Balaban J connectivity index is 1.71. The highest BCUT2D eigenvalue weighted by Crippen LogP contribution is 2.42. The Bertz CT molecular complexity index is 663. The summed E-state index contributed by atoms with van der Waals surface area (Å²) in [6.45, 7) is 2.70. The molecule has 0 spiro atoms. The topological polar surface area (TPSA) is 54.9 Å². The molecule has 1 fully saturated rings. The summed E-state index contributed by atoms with van der Waals surface area (Å²) in [7, 11) is 0. The predicted molar refractivity (Wildman–Crippen MR) is 90.1 cm³/mol. The van der Waals surface area contributed by atoms with Gasteiger partial charge in [-0.15, -0.1) is 0 Å². The minimum atomic E-state index is -0.353. The largest absolute Gasteiger partial charge is 0.355 e. The lowest BCUT2D eigenvalue weighted by Gasteiger charge is -2.30. The lowest BCUT2D eigenvalue weighted by atomic mass is 9.76. The number of rotatable bonds is 5. The van der Waals surface area contributed by atoms with E-state index >= 15 is 0 Å². The van der Waals surface area contributed by atoms with Crippen LogP contribution in [0.2, 0.25) is 0 Å². The minimum Gasteiger partial charge on any atom is -0.355 e. The van der Waals surface area contributed by atoms with Crippen LogP contribution in [0.25, 0.3) is 0 Å². The molecule has 0 bridgehead atoms. The molecule has 0 unspecified atom stereocenters. The van der Waals surface area contributed by atoms with Gasteiger partial charge in [-0.1, -0.05) is 37.1 Å². The van der Waals surface area contributed by atoms with Crippen LogP contribution in [0.1, 0.15) is 42.5 Å². The first kappa shape index (κ1) is 15.7. The van der Waals surface area contributed by atoms with Crippen molar-refractivity contribution >= 4 is 5.91 Å². The molecule has 0 atom stereocenters. The number of aryl methyl sites for hydroxylation is 1. The Labute approximate surface area is 137 Å². The maximum Gasteiger partial charge on any atom is 0.230 e. The molecule has 1 saturated carbocycles. The summed E-state index contributed by atoms with van der Waals surface area (Å²) < 4.78 is 0. The number of hydrogen-bond acceptors (Lipinski definition) is 3. The average Bonchev–Trinajstić information content (AvgIpc) is 3.07. The number of carbonyl (C=O) groups excluding carboxylic acids is 1. The number of carbonyl (C=O) groups is 1. The first-order valence-electron chi connectivity index (χ1n) is 8.32. The lowest BCUT2D eigenvalue weighted by Crippen LogP contribution is -2.43. The summed E-state index contributed by atoms with van der Waals surface area (Å²) in [6, 6.07) is 8.29. The Kier molecular flexibility index (Phi) is 4.70. The smallest absolute Gasteiger partial charge is 0.230 e. The van der Waals surface area contributed by atoms with Gasteiger partial charge < -0.3 is 5.32 Å². The van der Waals surface area contributed by atoms with Crippen molar-refractivity contribution in [2.75, 3.05) is 6.54 Å². The quantitative estimate of drug-likeness (QED) is 0.924. The van der Waals surface area contributed by atoms with Crippen LogP contribution in [0.3, 0.4) is 0 Å². The van der Waals surface area contributed by atoms with Crippen molar-refractivity contribution in [2.24, 2.45) is 0 Å². The van der Waals surface area contributed by atoms with Crippen molar-refractivity contribution in [3.05, 3.63) is 59.7 Å². The molecule has 1 aliphatic carbocycles. The number of amides is 1. The van der Waals surface area contributed by atoms with Gasteiger partial charge in [0.2, 0.25) is 5.91 Å². The third kappa shape index (κ3) is 3.26. The van der Waals surface area contributed by atoms with Gasteiger partial charge in [-0.05, 0) is 30.9 Å². The van der Waals surface area contributed by atoms with Gasteiger partial charge in [0, 0.05) is 31.6 Å². The van der Waals surface area contributed by atoms with Crippen molar-refractivity contribution in [3.63, 3.8) is 0 Å². The summed E-state index contributed by atoms with van der Waals surface area (Å²) >= 11 is 0. The fourth-order valence-electron chi connectivity index (χ4n) is 3.64. The number of nitrogens with zero attached hydrogens (tertiary/aromatic N) is 2. The van der Waals surface area contributed by atoms with E-state index in [0.29, 0.717) is 13.0 Å². The van der Waals surface area contributed by atoms with Gasteiger partial charge in [-0.25, -0.2) is 0 Å². The van der Waals surface area contributed by atoms with E-state index in [2.05, 4.69) is 34.3 Å². The van der Waals surface area contributed by atoms with Crippen LogP contribution in [-0.4, -0.2) is 22.4 Å². The van der Waals surface area contributed by atoms with E-state index in [4.69, 9.17) is 0 Å². The van der Waals surface area contributed by atoms with Crippen LogP contribution in [0.5, 0.6) is 0 Å². The zero-order chi connectivity index (χ0) is 16.1. The molecule has 3 rings (SSSR count). The second-order valence-corrected chi connectivity index (χ2v) is 6.31. The monoisotopic (exact) mass is 309 g/mol. The van der Waals surface area contributed by atoms with E-state index in [9.17, 15) is 4.79 Å². The van der Waals surface area contributed by atoms with Gasteiger partial charge in [0.05, 0.1) is 11.1 Å². The Morgan fingerprint density at radius 2 is 2.00 bits per heavy atom. The molecule has 2 aromatic rings. The molecule has 0 radical (unpaired) electrons. The van der Waals surface area contributed by atoms with E-state index < -0.39 is 0 Å². The van der Waals surface area contributed by atoms with Gasteiger partial charge >= 0.3 is 0 Å². The van der Waals surface area contributed by atoms with Crippen LogP contribution in [-0.2, 0) is 16.6 Å². The highest BCUT2D eigenvalue weighted by Gasteiger charge is 2.43. The van der Waals surface area contributed by atoms with E-state index in [1.807, 2.05) is 12.1 Å². The van der Waals surface area contributed by atoms with Crippen molar-refractivity contribution < 1.29 is 4.79 Å². The molecule has 1 aromatic carbocycles. The van der Waals surface area contributed by atoms with Crippen LogP contribution in [0, 0.1) is 6.92 Å². The number of aromatic nitrogens is 2. The minimum absolute atomic E-state index is 0.160. The Morgan fingerprint density at radius 3 is 2.70 bits per heavy atom. The maximum atomic E-state index is 13.0. The third-order valence-corrected chi connectivity index (χ3v) is 4.84. The summed E-state index contributed by atoms with van der Waals surface area (Å²) in [5, 5.41) is 3.13. The van der Waals surface area contributed by atoms with Crippen LogP contribution in [0.15, 0.2) is 42.9 Å². The lowest BCUT2D eigenvalue weighted by molar-refractivity contribution is -0.126. The highest BCUT2D eigenvalue weighted by atomic mass is 16.2. The normalized spacial score (nSPS) is 16.2. The standard InChI is InChI=1S/C19H23N3O/c1-15-6-2-3-7-17(15)19(9-4-5-10-19)18(23)22-11-8-16-14-20-12-13-21-16/h2-3,6-7,12-14H,4-5,8-11H2,1H3,(H,22,23). The summed E-state index contributed by atoms with van der Waals surface area (Å²) in [4.78, 5) is 21.3. The second kappa shape index (κ2) is 6.90. The molecule has 0 saturated heterocycles. The molecular weight excluding hydrogens is 286 g/mol. The molecule has 120 valence electrons. The Morgan fingerprint density at radius 1 is 1.22 bits per heavy atom. The first-order valence-corrected chi connectivity index (χ1v) is 8.32. The van der Waals surface area contributed by atoms with E-state index in [0.717, 1.165) is 31.4 Å². The molecule has 0 aliphatic heterocycles. The van der Waals surface area contributed by atoms with Gasteiger partial charge in [-0.2, -0.15) is 0 Å². The van der Waals surface area contributed by atoms with Gasteiger partial charge in [-0.3, -0.25) is 14.8 Å². The van der Waals surface area contributed by atoms with Crippen molar-refractivity contribution in [1.29, 1.82) is 0 Å². The maximum absolute atomic E-state index is 13.0. The molecule has 1 N–H and O–H groups in total. The molecule has 1 heterocycles. The Hall–Kier alpha value is -2.23. The molecular formula is C19H23N3O. The highest BCUT2D eigenvalue weighted by molar-refractivity contribution is 5.89. The van der Waals surface area contributed by atoms with E-state index in [1.54, 1.807) is 18.6 Å². The second-order valence-electron chi connectivity index (χ2n) is 6.31. The van der Waals surface area contributed by atoms with Crippen molar-refractivity contribution in [3.8, 4) is 0 Å². The molecule has 23 heavy (non-hydrogen) atoms. The number of hydrogen-bond donors (Lipinski definition) is 1. The fourth-order valence-corrected chi connectivity index (χ4v) is 3.64. The third-order valence-electron chi connectivity index (χ3n) is 4.84. The summed E-state index contributed by atoms with van der Waals surface area (Å²) in [6.07, 6.45) is 9.92. The zero-order valence-electron chi connectivity index (χ0n) is 13.6. The SMILES string of the molecule is Cc1ccccc1C1(C(=O)NCCc2cnccn2)CCCC1. The molecule has 4 heteroatoms. The van der Waals surface area contributed by atoms with E-state index in [-0.39, 0.29) is 11.3 Å². The molecule has 1 aromatic heterocycles. The van der Waals surface area contributed by atoms with Gasteiger partial charge in [0.15, 0.2) is 0 Å². The van der Waals surface area contributed by atoms with Crippen LogP contribution < -0.4 is 5.32 Å². The zero-order valence-corrected chi connectivity index (χ0v) is 13.6. The van der Waals surface area contributed by atoms with Gasteiger partial charge in [0.1, 0.15) is 0 Å². The van der Waals surface area contributed by atoms with Crippen molar-refractivity contribution in [2.45, 2.75) is 44.4 Å². The van der Waals surface area contributed by atoms with Gasteiger partial charge in [0.25, 0.3) is 0 Å². The molecule has 4 nitrogen and oxygen atoms in total.